The molecule has 1 aliphatic carbocycles. The van der Waals surface area contributed by atoms with Crippen LogP contribution in [0.2, 0.25) is 0 Å². The summed E-state index contributed by atoms with van der Waals surface area (Å²) in [4.78, 5) is 42.3. The third-order valence-corrected chi connectivity index (χ3v) is 9.63. The summed E-state index contributed by atoms with van der Waals surface area (Å²) in [5.41, 5.74) is 0.0247. The van der Waals surface area contributed by atoms with E-state index in [-0.39, 0.29) is 23.2 Å². The molecule has 3 amide bonds. The van der Waals surface area contributed by atoms with Crippen LogP contribution in [-0.4, -0.2) is 71.8 Å². The van der Waals surface area contributed by atoms with E-state index in [0.29, 0.717) is 44.7 Å². The molecule has 0 radical (unpaired) electrons. The summed E-state index contributed by atoms with van der Waals surface area (Å²) < 4.78 is 13.2. The zero-order chi connectivity index (χ0) is 31.6. The number of hydrogen-bond acceptors (Lipinski definition) is 4. The molecule has 3 aliphatic rings. The van der Waals surface area contributed by atoms with E-state index < -0.39 is 11.5 Å². The largest absolute Gasteiger partial charge is 0.351 e. The van der Waals surface area contributed by atoms with Crippen LogP contribution in [-0.2, 0) is 20.8 Å². The number of likely N-dealkylation sites (tertiary alicyclic amines) is 2. The van der Waals surface area contributed by atoms with Gasteiger partial charge in [-0.15, -0.1) is 0 Å². The summed E-state index contributed by atoms with van der Waals surface area (Å²) >= 11 is 0. The number of piperidine rings is 2. The molecule has 1 saturated carbocycles. The lowest BCUT2D eigenvalue weighted by Gasteiger charge is -2.48. The topological polar surface area (TPSA) is 81.8 Å². The Bertz CT molecular complexity index is 1020. The quantitative estimate of drug-likeness (QED) is 0.375. The average molecular weight is 601 g/mol. The summed E-state index contributed by atoms with van der Waals surface area (Å²) in [6, 6.07) is 6.00. The number of amides is 3. The molecule has 2 heterocycles. The van der Waals surface area contributed by atoms with Crippen molar-refractivity contribution in [1.82, 2.24) is 20.4 Å². The second-order valence-corrected chi connectivity index (χ2v) is 14.5. The van der Waals surface area contributed by atoms with Crippen LogP contribution in [0.1, 0.15) is 105 Å². The molecule has 0 bridgehead atoms. The molecule has 8 heteroatoms. The van der Waals surface area contributed by atoms with E-state index >= 15 is 0 Å². The summed E-state index contributed by atoms with van der Waals surface area (Å²) in [7, 11) is 0. The van der Waals surface area contributed by atoms with Gasteiger partial charge >= 0.3 is 0 Å². The number of nitrogens with one attached hydrogen (secondary N) is 2. The Morgan fingerprint density at radius 3 is 2.14 bits per heavy atom. The number of hydrogen-bond donors (Lipinski definition) is 2. The summed E-state index contributed by atoms with van der Waals surface area (Å²) in [6.07, 6.45) is 10.6. The molecule has 0 spiro atoms. The molecule has 0 aromatic heterocycles. The van der Waals surface area contributed by atoms with Crippen molar-refractivity contribution >= 4 is 18.2 Å². The highest BCUT2D eigenvalue weighted by Crippen LogP contribution is 2.46. The molecule has 4 rings (SSSR count). The predicted octanol–water partition coefficient (Wildman–Crippen LogP) is 5.71. The second kappa shape index (κ2) is 16.0. The van der Waals surface area contributed by atoms with Crippen molar-refractivity contribution in [2.75, 3.05) is 26.2 Å². The number of rotatable bonds is 8. The Hall–Kier alpha value is -2.48. The molecule has 2 saturated heterocycles. The summed E-state index contributed by atoms with van der Waals surface area (Å²) in [5.74, 6) is 0.890. The van der Waals surface area contributed by atoms with Crippen LogP contribution in [0.25, 0.3) is 0 Å². The van der Waals surface area contributed by atoms with Gasteiger partial charge in [0.1, 0.15) is 11.9 Å². The van der Waals surface area contributed by atoms with Gasteiger partial charge in [0.2, 0.25) is 18.2 Å². The number of halogens is 1. The number of nitrogens with zero attached hydrogens (tertiary/aromatic N) is 2. The number of carbonyl (C=O) groups excluding carboxylic acids is 3. The van der Waals surface area contributed by atoms with Gasteiger partial charge in [-0.05, 0) is 109 Å². The van der Waals surface area contributed by atoms with Gasteiger partial charge in [0.25, 0.3) is 0 Å². The smallest absolute Gasteiger partial charge is 0.245 e. The molecule has 43 heavy (non-hydrogen) atoms. The fourth-order valence-corrected chi connectivity index (χ4v) is 7.14. The van der Waals surface area contributed by atoms with Gasteiger partial charge in [-0.25, -0.2) is 4.39 Å². The molecule has 1 aromatic carbocycles. The van der Waals surface area contributed by atoms with Crippen LogP contribution in [0.5, 0.6) is 0 Å². The third kappa shape index (κ3) is 10.3. The van der Waals surface area contributed by atoms with Crippen molar-refractivity contribution in [3.63, 3.8) is 0 Å². The Kier molecular flexibility index (Phi) is 13.0. The molecule has 2 atom stereocenters. The van der Waals surface area contributed by atoms with Crippen molar-refractivity contribution in [3.8, 4) is 0 Å². The highest BCUT2D eigenvalue weighted by atomic mass is 19.1. The molecule has 242 valence electrons. The van der Waals surface area contributed by atoms with Crippen molar-refractivity contribution in [1.29, 1.82) is 0 Å². The molecule has 3 fully saturated rings. The average Bonchev–Trinajstić information content (AvgIpc) is 2.97. The maximum absolute atomic E-state index is 13.5. The molecular weight excluding hydrogens is 543 g/mol. The Labute approximate surface area is 259 Å². The lowest BCUT2D eigenvalue weighted by atomic mass is 9.63. The minimum atomic E-state index is -0.710. The third-order valence-electron chi connectivity index (χ3n) is 9.63. The van der Waals surface area contributed by atoms with Crippen LogP contribution < -0.4 is 10.6 Å². The van der Waals surface area contributed by atoms with Gasteiger partial charge in [0, 0.05) is 37.6 Å². The van der Waals surface area contributed by atoms with Crippen molar-refractivity contribution < 1.29 is 18.8 Å². The first-order valence-electron chi connectivity index (χ1n) is 16.6. The highest BCUT2D eigenvalue weighted by molar-refractivity contribution is 5.86. The summed E-state index contributed by atoms with van der Waals surface area (Å²) in [6.45, 7) is 16.6. The Morgan fingerprint density at radius 1 is 1.00 bits per heavy atom. The van der Waals surface area contributed by atoms with E-state index in [1.54, 1.807) is 17.0 Å². The monoisotopic (exact) mass is 600 g/mol. The molecular formula is C35H57FN4O3. The van der Waals surface area contributed by atoms with Crippen molar-refractivity contribution in [2.45, 2.75) is 123 Å². The van der Waals surface area contributed by atoms with Crippen LogP contribution in [0, 0.1) is 23.1 Å². The normalized spacial score (nSPS) is 22.2. The first-order chi connectivity index (χ1) is 20.3. The van der Waals surface area contributed by atoms with Gasteiger partial charge in [-0.3, -0.25) is 14.4 Å². The first-order valence-corrected chi connectivity index (χ1v) is 16.6. The van der Waals surface area contributed by atoms with Gasteiger partial charge in [0.05, 0.1) is 5.41 Å². The lowest BCUT2D eigenvalue weighted by Crippen LogP contribution is -2.58. The zero-order valence-electron chi connectivity index (χ0n) is 27.6. The maximum atomic E-state index is 13.5. The Balaban J connectivity index is 0.000000428. The van der Waals surface area contributed by atoms with Crippen LogP contribution in [0.15, 0.2) is 24.3 Å². The van der Waals surface area contributed by atoms with E-state index in [4.69, 9.17) is 0 Å². The number of carbonyl (C=O) groups is 3. The van der Waals surface area contributed by atoms with Crippen molar-refractivity contribution in [2.24, 2.45) is 17.3 Å². The van der Waals surface area contributed by atoms with E-state index in [2.05, 4.69) is 36.3 Å². The van der Waals surface area contributed by atoms with Gasteiger partial charge in [-0.2, -0.15) is 0 Å². The molecule has 1 aromatic rings. The maximum Gasteiger partial charge on any atom is 0.245 e. The minimum Gasteiger partial charge on any atom is -0.351 e. The molecule has 2 N–H and O–H groups in total. The fourth-order valence-electron chi connectivity index (χ4n) is 7.14. The van der Waals surface area contributed by atoms with Gasteiger partial charge in [0.15, 0.2) is 0 Å². The zero-order valence-corrected chi connectivity index (χ0v) is 27.6. The standard InChI is InChI=1S/C26H38FN3O3.C9H19N/c1-25(2,3)29-24(33)26(20-7-5-4-6-8-20)13-15-30(16-14-26)23(32)22(28-18-31)17-19-9-11-21(27)12-10-19;1-8(2)10-6-4-5-9(3)7-10/h9-12,18,20,22H,4-8,13-17H2,1-3H3,(H,28,31)(H,29,33);8-9H,4-7H2,1-3H3/t22-;9-/m10/s1. The van der Waals surface area contributed by atoms with Crippen LogP contribution in [0.4, 0.5) is 4.39 Å². The fraction of sp³-hybridized carbons (Fsp3) is 0.743. The van der Waals surface area contributed by atoms with E-state index in [0.717, 1.165) is 43.2 Å². The highest BCUT2D eigenvalue weighted by Gasteiger charge is 2.49. The molecule has 2 aliphatic heterocycles. The molecule has 7 nitrogen and oxygen atoms in total. The first kappa shape index (κ1) is 35.0. The van der Waals surface area contributed by atoms with E-state index in [1.165, 1.54) is 44.5 Å². The van der Waals surface area contributed by atoms with Crippen LogP contribution in [0.3, 0.4) is 0 Å². The molecule has 0 unspecified atom stereocenters. The second-order valence-electron chi connectivity index (χ2n) is 14.5. The predicted molar refractivity (Wildman–Crippen MR) is 171 cm³/mol. The SMILES string of the molecule is CC(C)(C)NC(=O)C1(C2CCCCC2)CCN(C(=O)[C@@H](Cc2ccc(F)cc2)NC=O)CC1.CC(C)N1CCC[C@H](C)C1. The lowest BCUT2D eigenvalue weighted by molar-refractivity contribution is -0.147. The number of benzene rings is 1. The minimum absolute atomic E-state index is 0.114. The van der Waals surface area contributed by atoms with Crippen molar-refractivity contribution in [3.05, 3.63) is 35.6 Å². The van der Waals surface area contributed by atoms with Gasteiger partial charge in [-0.1, -0.05) is 38.3 Å². The summed E-state index contributed by atoms with van der Waals surface area (Å²) in [5, 5.41) is 5.86. The van der Waals surface area contributed by atoms with E-state index in [9.17, 15) is 18.8 Å². The van der Waals surface area contributed by atoms with Crippen LogP contribution >= 0.6 is 0 Å². The Morgan fingerprint density at radius 2 is 1.63 bits per heavy atom. The van der Waals surface area contributed by atoms with E-state index in [1.807, 2.05) is 20.8 Å². The van der Waals surface area contributed by atoms with Gasteiger partial charge < -0.3 is 20.4 Å².